The molecule has 0 spiro atoms. The van der Waals surface area contributed by atoms with Gasteiger partial charge in [0.15, 0.2) is 0 Å². The number of rotatable bonds is 4. The third-order valence-electron chi connectivity index (χ3n) is 2.66. The highest BCUT2D eigenvalue weighted by molar-refractivity contribution is 7.99. The Morgan fingerprint density at radius 3 is 2.75 bits per heavy atom. The second kappa shape index (κ2) is 5.92. The number of amides is 1. The first-order chi connectivity index (χ1) is 7.38. The highest BCUT2D eigenvalue weighted by atomic mass is 32.2. The summed E-state index contributed by atoms with van der Waals surface area (Å²) in [6, 6.07) is 0. The number of hydrogen-bond acceptors (Lipinski definition) is 3. The van der Waals surface area contributed by atoms with Gasteiger partial charge in [-0.25, -0.2) is 0 Å². The van der Waals surface area contributed by atoms with Crippen molar-refractivity contribution in [1.29, 1.82) is 0 Å². The molecule has 0 aromatic rings. The van der Waals surface area contributed by atoms with Gasteiger partial charge in [-0.1, -0.05) is 20.8 Å². The molecule has 1 fully saturated rings. The van der Waals surface area contributed by atoms with Crippen LogP contribution in [0.4, 0.5) is 0 Å². The van der Waals surface area contributed by atoms with Gasteiger partial charge in [-0.2, -0.15) is 11.8 Å². The van der Waals surface area contributed by atoms with Gasteiger partial charge in [-0.05, 0) is 24.0 Å². The number of aliphatic hydroxyl groups is 1. The molecule has 16 heavy (non-hydrogen) atoms. The Morgan fingerprint density at radius 1 is 1.56 bits per heavy atom. The van der Waals surface area contributed by atoms with Gasteiger partial charge in [0, 0.05) is 18.2 Å². The third-order valence-corrected chi connectivity index (χ3v) is 3.82. The summed E-state index contributed by atoms with van der Waals surface area (Å²) in [7, 11) is 0. The van der Waals surface area contributed by atoms with E-state index in [-0.39, 0.29) is 17.2 Å². The molecule has 0 radical (unpaired) electrons. The lowest BCUT2D eigenvalue weighted by Crippen LogP contribution is -2.37. The maximum atomic E-state index is 11.7. The van der Waals surface area contributed by atoms with Crippen LogP contribution in [0.25, 0.3) is 0 Å². The zero-order chi connectivity index (χ0) is 12.2. The van der Waals surface area contributed by atoms with E-state index in [4.69, 9.17) is 0 Å². The monoisotopic (exact) mass is 245 g/mol. The molecular weight excluding hydrogens is 222 g/mol. The molecule has 0 bridgehead atoms. The summed E-state index contributed by atoms with van der Waals surface area (Å²) in [4.78, 5) is 11.7. The van der Waals surface area contributed by atoms with E-state index in [9.17, 15) is 9.90 Å². The zero-order valence-electron chi connectivity index (χ0n) is 10.5. The SMILES string of the molecule is CC(C)(C)CC(O)CNC(=O)C1CCSC1. The second-order valence-corrected chi connectivity index (χ2v) is 6.87. The smallest absolute Gasteiger partial charge is 0.224 e. The predicted octanol–water partition coefficient (Wildman–Crippen LogP) is 1.65. The average molecular weight is 245 g/mol. The summed E-state index contributed by atoms with van der Waals surface area (Å²) in [5.74, 6) is 2.29. The van der Waals surface area contributed by atoms with E-state index < -0.39 is 6.10 Å². The van der Waals surface area contributed by atoms with Crippen LogP contribution in [-0.2, 0) is 4.79 Å². The van der Waals surface area contributed by atoms with E-state index in [2.05, 4.69) is 26.1 Å². The maximum absolute atomic E-state index is 11.7. The van der Waals surface area contributed by atoms with Crippen molar-refractivity contribution in [2.24, 2.45) is 11.3 Å². The van der Waals surface area contributed by atoms with Crippen LogP contribution in [0.5, 0.6) is 0 Å². The first kappa shape index (κ1) is 13.8. The minimum Gasteiger partial charge on any atom is -0.391 e. The van der Waals surface area contributed by atoms with Crippen LogP contribution in [-0.4, -0.2) is 35.2 Å². The molecule has 2 atom stereocenters. The van der Waals surface area contributed by atoms with Gasteiger partial charge < -0.3 is 10.4 Å². The molecule has 1 saturated heterocycles. The fourth-order valence-electron chi connectivity index (χ4n) is 1.88. The van der Waals surface area contributed by atoms with E-state index >= 15 is 0 Å². The Bertz CT molecular complexity index is 232. The third kappa shape index (κ3) is 5.21. The molecule has 0 aliphatic carbocycles. The normalized spacial score (nSPS) is 23.1. The number of nitrogens with one attached hydrogen (secondary N) is 1. The summed E-state index contributed by atoms with van der Waals surface area (Å²) in [5, 5.41) is 12.6. The molecule has 1 aliphatic rings. The van der Waals surface area contributed by atoms with Crippen molar-refractivity contribution >= 4 is 17.7 Å². The average Bonchev–Trinajstić information content (AvgIpc) is 2.64. The summed E-state index contributed by atoms with van der Waals surface area (Å²) in [6.45, 7) is 6.65. The molecular formula is C12H23NO2S. The minimum absolute atomic E-state index is 0.105. The molecule has 3 nitrogen and oxygen atoms in total. The molecule has 1 amide bonds. The van der Waals surface area contributed by atoms with Crippen molar-refractivity contribution in [3.8, 4) is 0 Å². The van der Waals surface area contributed by atoms with Crippen molar-refractivity contribution in [3.63, 3.8) is 0 Å². The standard InChI is InChI=1S/C12H23NO2S/c1-12(2,3)6-10(14)7-13-11(15)9-4-5-16-8-9/h9-10,14H,4-8H2,1-3H3,(H,13,15). The van der Waals surface area contributed by atoms with E-state index in [1.807, 2.05) is 11.8 Å². The van der Waals surface area contributed by atoms with Crippen LogP contribution in [0.15, 0.2) is 0 Å². The molecule has 1 aliphatic heterocycles. The number of hydrogen-bond donors (Lipinski definition) is 2. The minimum atomic E-state index is -0.432. The van der Waals surface area contributed by atoms with Crippen molar-refractivity contribution in [2.75, 3.05) is 18.1 Å². The molecule has 1 rings (SSSR count). The highest BCUT2D eigenvalue weighted by Crippen LogP contribution is 2.23. The Balaban J connectivity index is 2.20. The van der Waals surface area contributed by atoms with Gasteiger partial charge in [0.05, 0.1) is 6.10 Å². The van der Waals surface area contributed by atoms with Gasteiger partial charge in [0.2, 0.25) is 5.91 Å². The van der Waals surface area contributed by atoms with Crippen molar-refractivity contribution in [1.82, 2.24) is 5.32 Å². The van der Waals surface area contributed by atoms with Crippen molar-refractivity contribution in [2.45, 2.75) is 39.7 Å². The molecule has 0 saturated carbocycles. The van der Waals surface area contributed by atoms with E-state index in [1.54, 1.807) is 0 Å². The Kier molecular flexibility index (Phi) is 5.12. The lowest BCUT2D eigenvalue weighted by molar-refractivity contribution is -0.124. The van der Waals surface area contributed by atoms with Crippen molar-refractivity contribution < 1.29 is 9.90 Å². The number of thioether (sulfide) groups is 1. The van der Waals surface area contributed by atoms with Crippen LogP contribution < -0.4 is 5.32 Å². The topological polar surface area (TPSA) is 49.3 Å². The second-order valence-electron chi connectivity index (χ2n) is 5.72. The molecule has 1 heterocycles. The van der Waals surface area contributed by atoms with Gasteiger partial charge in [-0.15, -0.1) is 0 Å². The van der Waals surface area contributed by atoms with Gasteiger partial charge in [0.1, 0.15) is 0 Å². The van der Waals surface area contributed by atoms with Gasteiger partial charge >= 0.3 is 0 Å². The van der Waals surface area contributed by atoms with Crippen LogP contribution >= 0.6 is 11.8 Å². The predicted molar refractivity (Wildman–Crippen MR) is 68.5 cm³/mol. The lowest BCUT2D eigenvalue weighted by Gasteiger charge is -2.22. The van der Waals surface area contributed by atoms with Crippen LogP contribution in [0.2, 0.25) is 0 Å². The number of carbonyl (C=O) groups is 1. The van der Waals surface area contributed by atoms with Gasteiger partial charge in [-0.3, -0.25) is 4.79 Å². The number of carbonyl (C=O) groups excluding carboxylic acids is 1. The molecule has 0 aromatic carbocycles. The zero-order valence-corrected chi connectivity index (χ0v) is 11.3. The molecule has 4 heteroatoms. The maximum Gasteiger partial charge on any atom is 0.224 e. The summed E-state index contributed by atoms with van der Waals surface area (Å²) >= 11 is 1.83. The molecule has 0 aromatic heterocycles. The summed E-state index contributed by atoms with van der Waals surface area (Å²) in [6.07, 6.45) is 1.26. The Labute approximate surface area is 102 Å². The quantitative estimate of drug-likeness (QED) is 0.792. The van der Waals surface area contributed by atoms with Crippen LogP contribution in [0.1, 0.15) is 33.6 Å². The van der Waals surface area contributed by atoms with Crippen LogP contribution in [0, 0.1) is 11.3 Å². The number of aliphatic hydroxyl groups excluding tert-OH is 1. The first-order valence-corrected chi connectivity index (χ1v) is 7.07. The van der Waals surface area contributed by atoms with Crippen LogP contribution in [0.3, 0.4) is 0 Å². The summed E-state index contributed by atoms with van der Waals surface area (Å²) < 4.78 is 0. The lowest BCUT2D eigenvalue weighted by atomic mass is 9.89. The molecule has 2 N–H and O–H groups in total. The van der Waals surface area contributed by atoms with E-state index in [1.165, 1.54) is 0 Å². The van der Waals surface area contributed by atoms with E-state index in [0.29, 0.717) is 13.0 Å². The summed E-state index contributed by atoms with van der Waals surface area (Å²) in [5.41, 5.74) is 0.105. The van der Waals surface area contributed by atoms with Gasteiger partial charge in [0.25, 0.3) is 0 Å². The van der Waals surface area contributed by atoms with Crippen molar-refractivity contribution in [3.05, 3.63) is 0 Å². The Hall–Kier alpha value is -0.220. The fraction of sp³-hybridized carbons (Fsp3) is 0.917. The highest BCUT2D eigenvalue weighted by Gasteiger charge is 2.24. The fourth-order valence-corrected chi connectivity index (χ4v) is 3.10. The van der Waals surface area contributed by atoms with E-state index in [0.717, 1.165) is 17.9 Å². The molecule has 94 valence electrons. The largest absolute Gasteiger partial charge is 0.391 e. The Morgan fingerprint density at radius 2 is 2.25 bits per heavy atom. The molecule has 2 unspecified atom stereocenters. The first-order valence-electron chi connectivity index (χ1n) is 5.92.